The van der Waals surface area contributed by atoms with Gasteiger partial charge in [-0.1, -0.05) is 43.0 Å². The van der Waals surface area contributed by atoms with Gasteiger partial charge in [-0.25, -0.2) is 0 Å². The third kappa shape index (κ3) is 1.93. The number of rotatable bonds is 2. The first-order chi connectivity index (χ1) is 6.05. The second kappa shape index (κ2) is 4.04. The number of halogens is 1. The lowest BCUT2D eigenvalue weighted by Gasteiger charge is -2.38. The summed E-state index contributed by atoms with van der Waals surface area (Å²) in [5, 5.41) is 3.09. The van der Waals surface area contributed by atoms with E-state index in [1.54, 1.807) is 0 Å². The number of alkyl halides is 1. The van der Waals surface area contributed by atoms with Crippen molar-refractivity contribution in [2.45, 2.75) is 36.5 Å². The number of hydrogen-bond donors (Lipinski definition) is 0. The highest BCUT2D eigenvalue weighted by atomic mass is 127. The highest BCUT2D eigenvalue weighted by Gasteiger charge is 2.42. The van der Waals surface area contributed by atoms with Crippen LogP contribution in [0, 0.1) is 10.8 Å². The van der Waals surface area contributed by atoms with E-state index in [1.807, 2.05) is 6.92 Å². The van der Waals surface area contributed by atoms with Crippen molar-refractivity contribution in [3.8, 4) is 0 Å². The molecule has 1 fully saturated rings. The lowest BCUT2D eigenvalue weighted by atomic mass is 9.90. The molecule has 1 saturated heterocycles. The van der Waals surface area contributed by atoms with E-state index in [1.165, 1.54) is 0 Å². The van der Waals surface area contributed by atoms with Gasteiger partial charge in [0.25, 0.3) is 0 Å². The van der Waals surface area contributed by atoms with E-state index >= 15 is 0 Å². The van der Waals surface area contributed by atoms with Crippen LogP contribution in [0.15, 0.2) is 17.3 Å². The standard InChI is InChI=1S/C9H14INO2/c1-4-9(11-12)7(3)5-6(2)8(10)13-9/h6,8H,3-5H2,1-2H3/t6-,8+,9?/m1/s1. The molecule has 0 spiro atoms. The topological polar surface area (TPSA) is 38.7 Å². The fraction of sp³-hybridized carbons (Fsp3) is 0.778. The van der Waals surface area contributed by atoms with Crippen molar-refractivity contribution in [3.63, 3.8) is 0 Å². The highest BCUT2D eigenvalue weighted by molar-refractivity contribution is 14.1. The van der Waals surface area contributed by atoms with E-state index in [-0.39, 0.29) is 4.11 Å². The third-order valence-electron chi connectivity index (χ3n) is 2.50. The van der Waals surface area contributed by atoms with Crippen molar-refractivity contribution in [1.82, 2.24) is 0 Å². The lowest BCUT2D eigenvalue weighted by molar-refractivity contribution is -0.0657. The van der Waals surface area contributed by atoms with E-state index in [2.05, 4.69) is 41.3 Å². The summed E-state index contributed by atoms with van der Waals surface area (Å²) in [6.45, 7) is 7.86. The highest BCUT2D eigenvalue weighted by Crippen LogP contribution is 2.41. The van der Waals surface area contributed by atoms with Gasteiger partial charge >= 0.3 is 0 Å². The molecule has 74 valence electrons. The smallest absolute Gasteiger partial charge is 0.222 e. The summed E-state index contributed by atoms with van der Waals surface area (Å²) in [7, 11) is 0. The Morgan fingerprint density at radius 1 is 1.85 bits per heavy atom. The largest absolute Gasteiger partial charge is 0.333 e. The first-order valence-electron chi connectivity index (χ1n) is 4.40. The molecular weight excluding hydrogens is 281 g/mol. The van der Waals surface area contributed by atoms with Crippen molar-refractivity contribution in [2.24, 2.45) is 11.1 Å². The van der Waals surface area contributed by atoms with Gasteiger partial charge in [-0.2, -0.15) is 0 Å². The maximum Gasteiger partial charge on any atom is 0.222 e. The fourth-order valence-electron chi connectivity index (χ4n) is 1.51. The van der Waals surface area contributed by atoms with E-state index in [9.17, 15) is 4.91 Å². The first-order valence-corrected chi connectivity index (χ1v) is 5.65. The summed E-state index contributed by atoms with van der Waals surface area (Å²) in [6.07, 6.45) is 1.40. The Balaban J connectivity index is 2.87. The molecule has 3 atom stereocenters. The number of hydrogen-bond acceptors (Lipinski definition) is 3. The van der Waals surface area contributed by atoms with Crippen molar-refractivity contribution >= 4 is 22.6 Å². The summed E-state index contributed by atoms with van der Waals surface area (Å²) in [5.41, 5.74) is -0.149. The summed E-state index contributed by atoms with van der Waals surface area (Å²) < 4.78 is 5.66. The summed E-state index contributed by atoms with van der Waals surface area (Å²) in [6, 6.07) is 0. The average Bonchev–Trinajstić information content (AvgIpc) is 2.12. The normalized spacial score (nSPS) is 40.4. The van der Waals surface area contributed by atoms with Crippen LogP contribution in [0.3, 0.4) is 0 Å². The van der Waals surface area contributed by atoms with Gasteiger partial charge in [0, 0.05) is 6.42 Å². The second-order valence-corrected chi connectivity index (χ2v) is 4.71. The zero-order chi connectivity index (χ0) is 10.1. The molecule has 1 aliphatic rings. The van der Waals surface area contributed by atoms with Crippen LogP contribution in [0.4, 0.5) is 0 Å². The molecule has 0 aliphatic carbocycles. The molecule has 1 heterocycles. The Morgan fingerprint density at radius 3 is 2.92 bits per heavy atom. The predicted octanol–water partition coefficient (Wildman–Crippen LogP) is 3.23. The van der Waals surface area contributed by atoms with Gasteiger partial charge in [-0.05, 0) is 23.1 Å². The van der Waals surface area contributed by atoms with Crippen LogP contribution < -0.4 is 0 Å². The van der Waals surface area contributed by atoms with Crippen molar-refractivity contribution in [2.75, 3.05) is 0 Å². The molecule has 0 aromatic rings. The van der Waals surface area contributed by atoms with Crippen molar-refractivity contribution in [1.29, 1.82) is 0 Å². The quantitative estimate of drug-likeness (QED) is 0.339. The zero-order valence-corrected chi connectivity index (χ0v) is 10.1. The zero-order valence-electron chi connectivity index (χ0n) is 7.92. The molecule has 0 aromatic heterocycles. The minimum absolute atomic E-state index is 0.0562. The van der Waals surface area contributed by atoms with Crippen LogP contribution in [0.2, 0.25) is 0 Å². The molecule has 0 bridgehead atoms. The van der Waals surface area contributed by atoms with Crippen molar-refractivity contribution < 1.29 is 4.74 Å². The Morgan fingerprint density at radius 2 is 2.46 bits per heavy atom. The molecular formula is C9H14INO2. The van der Waals surface area contributed by atoms with Crippen molar-refractivity contribution in [3.05, 3.63) is 17.1 Å². The van der Waals surface area contributed by atoms with Crippen LogP contribution in [-0.4, -0.2) is 9.84 Å². The molecule has 0 saturated carbocycles. The van der Waals surface area contributed by atoms with Gasteiger partial charge in [-0.15, -0.1) is 4.91 Å². The Kier molecular flexibility index (Phi) is 3.45. The Labute approximate surface area is 92.0 Å². The molecule has 1 unspecified atom stereocenters. The van der Waals surface area contributed by atoms with Crippen LogP contribution in [0.1, 0.15) is 26.7 Å². The molecule has 13 heavy (non-hydrogen) atoms. The summed E-state index contributed by atoms with van der Waals surface area (Å²) >= 11 is 2.20. The van der Waals surface area contributed by atoms with Gasteiger partial charge < -0.3 is 4.74 Å². The number of nitrogens with zero attached hydrogens (tertiary/aromatic N) is 1. The first kappa shape index (κ1) is 11.1. The third-order valence-corrected chi connectivity index (χ3v) is 3.98. The SMILES string of the molecule is C=C1C[C@@H](C)[C@@H](I)OC1(CC)N=O. The number of ether oxygens (including phenoxy) is 1. The predicted molar refractivity (Wildman–Crippen MR) is 60.6 cm³/mol. The monoisotopic (exact) mass is 295 g/mol. The van der Waals surface area contributed by atoms with Gasteiger partial charge in [0.05, 0.1) is 0 Å². The second-order valence-electron chi connectivity index (χ2n) is 3.48. The molecule has 0 radical (unpaired) electrons. The molecule has 4 heteroatoms. The van der Waals surface area contributed by atoms with Gasteiger partial charge in [0.15, 0.2) is 0 Å². The van der Waals surface area contributed by atoms with Crippen LogP contribution >= 0.6 is 22.6 Å². The minimum Gasteiger partial charge on any atom is -0.333 e. The van der Waals surface area contributed by atoms with Crippen LogP contribution in [-0.2, 0) is 4.74 Å². The van der Waals surface area contributed by atoms with Crippen LogP contribution in [0.5, 0.6) is 0 Å². The fourth-order valence-corrected chi connectivity index (χ4v) is 2.19. The Hall–Kier alpha value is 0.0300. The Bertz CT molecular complexity index is 232. The van der Waals surface area contributed by atoms with E-state index < -0.39 is 5.72 Å². The minimum atomic E-state index is -0.960. The van der Waals surface area contributed by atoms with Crippen LogP contribution in [0.25, 0.3) is 0 Å². The maximum atomic E-state index is 10.7. The average molecular weight is 295 g/mol. The van der Waals surface area contributed by atoms with Gasteiger partial charge in [0.1, 0.15) is 4.11 Å². The molecule has 0 N–H and O–H groups in total. The van der Waals surface area contributed by atoms with E-state index in [4.69, 9.17) is 4.74 Å². The van der Waals surface area contributed by atoms with E-state index in [0.29, 0.717) is 12.3 Å². The summed E-state index contributed by atoms with van der Waals surface area (Å²) in [4.78, 5) is 10.7. The van der Waals surface area contributed by atoms with Gasteiger partial charge in [-0.3, -0.25) is 0 Å². The molecule has 0 amide bonds. The van der Waals surface area contributed by atoms with E-state index in [0.717, 1.165) is 12.0 Å². The molecule has 3 nitrogen and oxygen atoms in total. The molecule has 1 aliphatic heterocycles. The maximum absolute atomic E-state index is 10.7. The summed E-state index contributed by atoms with van der Waals surface area (Å²) in [5.74, 6) is 0.412. The molecule has 0 aromatic carbocycles. The lowest BCUT2D eigenvalue weighted by Crippen LogP contribution is -2.41. The van der Waals surface area contributed by atoms with Gasteiger partial charge in [0.2, 0.25) is 5.72 Å². The molecule has 1 rings (SSSR count). The number of nitroso groups, excluding NO2 is 1.